The highest BCUT2D eigenvalue weighted by Gasteiger charge is 2.09. The number of hydrogen-bond donors (Lipinski definition) is 1. The number of rotatable bonds is 7. The van der Waals surface area contributed by atoms with Crippen LogP contribution in [0, 0.1) is 0 Å². The Morgan fingerprint density at radius 3 is 2.05 bits per heavy atom. The first-order chi connectivity index (χ1) is 18.6. The molecule has 0 fully saturated rings. The Labute approximate surface area is 231 Å². The Balaban J connectivity index is 1.49. The summed E-state index contributed by atoms with van der Waals surface area (Å²) in [6, 6.07) is 35.8. The molecule has 0 spiro atoms. The van der Waals surface area contributed by atoms with Gasteiger partial charge in [-0.25, -0.2) is 0 Å². The Hall–Kier alpha value is -4.14. The largest absolute Gasteiger partial charge is 0.253 e. The number of aliphatic imine (C=N–C) groups is 1. The summed E-state index contributed by atoms with van der Waals surface area (Å²) in [6.45, 7) is 6.41. The SMILES string of the molecule is C=C(/C=C(\N=C(C)c1cccc(-c2cccc(-c3cccc(S)c3)c2)c1)C1=CCCC=C1)c1ccccc1. The molecule has 38 heavy (non-hydrogen) atoms. The number of thiol groups is 1. The van der Waals surface area contributed by atoms with Gasteiger partial charge < -0.3 is 0 Å². The van der Waals surface area contributed by atoms with Gasteiger partial charge in [0.15, 0.2) is 0 Å². The summed E-state index contributed by atoms with van der Waals surface area (Å²) in [5, 5.41) is 0. The fraction of sp³-hybridized carbons (Fsp3) is 0.0833. The summed E-state index contributed by atoms with van der Waals surface area (Å²) in [6.07, 6.45) is 10.9. The van der Waals surface area contributed by atoms with Gasteiger partial charge in [-0.05, 0) is 94.6 Å². The number of allylic oxidation sites excluding steroid dienone is 5. The average molecular weight is 510 g/mol. The van der Waals surface area contributed by atoms with E-state index >= 15 is 0 Å². The minimum atomic E-state index is 0.936. The standard InChI is InChI=1S/C36H31NS/c1-26(28-12-5-3-6-13-28)22-36(29-14-7-4-8-15-29)37-27(2)30-16-9-17-31(23-30)32-18-10-19-33(24-32)34-20-11-21-35(38)25-34/h3,5-7,9-25,38H,1,4,8H2,2H3/b36-22-,37-27?. The first-order valence-corrected chi connectivity index (χ1v) is 13.4. The van der Waals surface area contributed by atoms with Crippen molar-refractivity contribution in [3.05, 3.63) is 156 Å². The van der Waals surface area contributed by atoms with Crippen molar-refractivity contribution in [3.63, 3.8) is 0 Å². The summed E-state index contributed by atoms with van der Waals surface area (Å²) in [7, 11) is 0. The lowest BCUT2D eigenvalue weighted by Crippen LogP contribution is -1.99. The molecule has 186 valence electrons. The Morgan fingerprint density at radius 2 is 1.37 bits per heavy atom. The van der Waals surface area contributed by atoms with Gasteiger partial charge in [-0.2, -0.15) is 0 Å². The molecule has 1 nitrogen and oxygen atoms in total. The van der Waals surface area contributed by atoms with Crippen molar-refractivity contribution < 1.29 is 0 Å². The first kappa shape index (κ1) is 25.5. The van der Waals surface area contributed by atoms with E-state index in [0.717, 1.165) is 62.5 Å². The summed E-state index contributed by atoms with van der Waals surface area (Å²) in [5.41, 5.74) is 10.9. The molecule has 0 N–H and O–H groups in total. The Morgan fingerprint density at radius 1 is 0.737 bits per heavy atom. The molecule has 0 aliphatic heterocycles. The lowest BCUT2D eigenvalue weighted by atomic mass is 9.97. The van der Waals surface area contributed by atoms with Gasteiger partial charge in [0.1, 0.15) is 0 Å². The molecular formula is C36H31NS. The van der Waals surface area contributed by atoms with Gasteiger partial charge in [0.05, 0.1) is 5.70 Å². The maximum atomic E-state index is 5.13. The molecule has 0 bridgehead atoms. The second kappa shape index (κ2) is 11.9. The van der Waals surface area contributed by atoms with Crippen molar-refractivity contribution in [3.8, 4) is 22.3 Å². The Kier molecular flexibility index (Phi) is 8.01. The van der Waals surface area contributed by atoms with E-state index in [9.17, 15) is 0 Å². The van der Waals surface area contributed by atoms with E-state index in [-0.39, 0.29) is 0 Å². The molecule has 0 aromatic heterocycles. The molecule has 1 aliphatic carbocycles. The van der Waals surface area contributed by atoms with Crippen molar-refractivity contribution in [1.29, 1.82) is 0 Å². The maximum absolute atomic E-state index is 5.13. The van der Waals surface area contributed by atoms with E-state index in [0.29, 0.717) is 0 Å². The third kappa shape index (κ3) is 6.22. The van der Waals surface area contributed by atoms with Gasteiger partial charge in [-0.1, -0.05) is 104 Å². The van der Waals surface area contributed by atoms with E-state index < -0.39 is 0 Å². The van der Waals surface area contributed by atoms with E-state index in [1.54, 1.807) is 0 Å². The average Bonchev–Trinajstić information content (AvgIpc) is 2.98. The third-order valence-electron chi connectivity index (χ3n) is 6.69. The van der Waals surface area contributed by atoms with Crippen molar-refractivity contribution in [2.45, 2.75) is 24.7 Å². The van der Waals surface area contributed by atoms with Gasteiger partial charge >= 0.3 is 0 Å². The predicted molar refractivity (Wildman–Crippen MR) is 167 cm³/mol. The Bertz CT molecular complexity index is 1580. The number of nitrogens with zero attached hydrogens (tertiary/aromatic N) is 1. The molecule has 0 radical (unpaired) electrons. The van der Waals surface area contributed by atoms with E-state index in [1.807, 2.05) is 30.3 Å². The molecule has 1 aliphatic rings. The van der Waals surface area contributed by atoms with Crippen molar-refractivity contribution >= 4 is 23.9 Å². The molecule has 0 saturated carbocycles. The van der Waals surface area contributed by atoms with Crippen molar-refractivity contribution in [2.75, 3.05) is 0 Å². The molecular weight excluding hydrogens is 478 g/mol. The molecule has 0 saturated heterocycles. The van der Waals surface area contributed by atoms with E-state index in [4.69, 9.17) is 4.99 Å². The first-order valence-electron chi connectivity index (χ1n) is 13.0. The van der Waals surface area contributed by atoms with Crippen LogP contribution in [-0.2, 0) is 0 Å². The van der Waals surface area contributed by atoms with Gasteiger partial charge in [0.25, 0.3) is 0 Å². The highest BCUT2D eigenvalue weighted by molar-refractivity contribution is 7.80. The zero-order chi connectivity index (χ0) is 26.3. The van der Waals surface area contributed by atoms with Crippen LogP contribution >= 0.6 is 12.6 Å². The van der Waals surface area contributed by atoms with Crippen LogP contribution in [0.5, 0.6) is 0 Å². The van der Waals surface area contributed by atoms with Gasteiger partial charge in [0.2, 0.25) is 0 Å². The molecule has 4 aromatic carbocycles. The van der Waals surface area contributed by atoms with Crippen LogP contribution in [0.3, 0.4) is 0 Å². The quantitative estimate of drug-likeness (QED) is 0.145. The zero-order valence-electron chi connectivity index (χ0n) is 21.6. The maximum Gasteiger partial charge on any atom is 0.0708 e. The summed E-state index contributed by atoms with van der Waals surface area (Å²) in [4.78, 5) is 6.10. The van der Waals surface area contributed by atoms with Gasteiger partial charge in [-0.3, -0.25) is 4.99 Å². The molecule has 5 rings (SSSR count). The smallest absolute Gasteiger partial charge is 0.0708 e. The normalized spacial score (nSPS) is 13.8. The number of benzene rings is 4. The molecule has 0 atom stereocenters. The predicted octanol–water partition coefficient (Wildman–Crippen LogP) is 9.99. The summed E-state index contributed by atoms with van der Waals surface area (Å²) >= 11 is 4.51. The van der Waals surface area contributed by atoms with Crippen LogP contribution in [0.25, 0.3) is 27.8 Å². The van der Waals surface area contributed by atoms with Crippen LogP contribution < -0.4 is 0 Å². The monoisotopic (exact) mass is 509 g/mol. The molecule has 4 aromatic rings. The van der Waals surface area contributed by atoms with Crippen LogP contribution in [0.4, 0.5) is 0 Å². The minimum absolute atomic E-state index is 0.936. The van der Waals surface area contributed by atoms with Gasteiger partial charge in [0, 0.05) is 10.6 Å². The summed E-state index contributed by atoms with van der Waals surface area (Å²) < 4.78 is 0. The molecule has 0 heterocycles. The molecule has 0 amide bonds. The molecule has 2 heteroatoms. The van der Waals surface area contributed by atoms with Crippen LogP contribution in [0.15, 0.2) is 155 Å². The van der Waals surface area contributed by atoms with Crippen LogP contribution in [0.1, 0.15) is 30.9 Å². The third-order valence-corrected chi connectivity index (χ3v) is 6.97. The topological polar surface area (TPSA) is 12.4 Å². The van der Waals surface area contributed by atoms with Crippen LogP contribution in [-0.4, -0.2) is 5.71 Å². The van der Waals surface area contributed by atoms with Crippen LogP contribution in [0.2, 0.25) is 0 Å². The lowest BCUT2D eigenvalue weighted by Gasteiger charge is -2.12. The second-order valence-electron chi connectivity index (χ2n) is 9.47. The summed E-state index contributed by atoms with van der Waals surface area (Å²) in [5.74, 6) is 0. The van der Waals surface area contributed by atoms with Gasteiger partial charge in [-0.15, -0.1) is 12.6 Å². The zero-order valence-corrected chi connectivity index (χ0v) is 22.5. The highest BCUT2D eigenvalue weighted by Crippen LogP contribution is 2.29. The highest BCUT2D eigenvalue weighted by atomic mass is 32.1. The number of hydrogen-bond acceptors (Lipinski definition) is 2. The van der Waals surface area contributed by atoms with E-state index in [2.05, 4.69) is 123 Å². The van der Waals surface area contributed by atoms with E-state index in [1.165, 1.54) is 11.1 Å². The van der Waals surface area contributed by atoms with Crippen molar-refractivity contribution in [2.24, 2.45) is 4.99 Å². The molecule has 0 unspecified atom stereocenters. The van der Waals surface area contributed by atoms with Crippen molar-refractivity contribution in [1.82, 2.24) is 0 Å². The second-order valence-corrected chi connectivity index (χ2v) is 9.99. The minimum Gasteiger partial charge on any atom is -0.253 e. The fourth-order valence-electron chi connectivity index (χ4n) is 4.62. The lowest BCUT2D eigenvalue weighted by molar-refractivity contribution is 1.02. The fourth-order valence-corrected chi connectivity index (χ4v) is 4.84.